The van der Waals surface area contributed by atoms with Gasteiger partial charge >= 0.3 is 0 Å². The van der Waals surface area contributed by atoms with Crippen LogP contribution in [0.1, 0.15) is 45.1 Å². The van der Waals surface area contributed by atoms with Crippen LogP contribution < -0.4 is 5.32 Å². The number of rotatable bonds is 5. The summed E-state index contributed by atoms with van der Waals surface area (Å²) in [6.45, 7) is 5.56. The van der Waals surface area contributed by atoms with E-state index < -0.39 is 0 Å². The maximum absolute atomic E-state index is 6.32. The molecule has 1 aliphatic rings. The van der Waals surface area contributed by atoms with Crippen LogP contribution in [0.2, 0.25) is 10.0 Å². The van der Waals surface area contributed by atoms with Gasteiger partial charge in [0.2, 0.25) is 0 Å². The molecule has 2 rings (SSSR count). The van der Waals surface area contributed by atoms with E-state index in [1.165, 1.54) is 31.2 Å². The molecule has 1 saturated carbocycles. The Bertz CT molecular complexity index is 431. The quantitative estimate of drug-likeness (QED) is 0.773. The van der Waals surface area contributed by atoms with Crippen LogP contribution in [0.15, 0.2) is 18.2 Å². The molecule has 1 nitrogen and oxygen atoms in total. The second-order valence-corrected chi connectivity index (χ2v) is 7.15. The molecule has 3 heteroatoms. The lowest BCUT2D eigenvalue weighted by Crippen LogP contribution is -2.35. The molecule has 0 saturated heterocycles. The smallest absolute Gasteiger partial charge is 0.0452 e. The first kappa shape index (κ1) is 16.1. The highest BCUT2D eigenvalue weighted by molar-refractivity contribution is 6.35. The summed E-state index contributed by atoms with van der Waals surface area (Å²) in [5, 5.41) is 5.14. The van der Waals surface area contributed by atoms with Gasteiger partial charge in [-0.05, 0) is 55.3 Å². The van der Waals surface area contributed by atoms with Gasteiger partial charge in [0.1, 0.15) is 0 Å². The Balaban J connectivity index is 2.00. The van der Waals surface area contributed by atoms with Crippen LogP contribution in [-0.2, 0) is 6.42 Å². The van der Waals surface area contributed by atoms with E-state index in [4.69, 9.17) is 23.2 Å². The lowest BCUT2D eigenvalue weighted by Gasteiger charge is -2.32. The van der Waals surface area contributed by atoms with Gasteiger partial charge in [-0.3, -0.25) is 0 Å². The normalized spacial score (nSPS) is 23.2. The summed E-state index contributed by atoms with van der Waals surface area (Å²) < 4.78 is 0. The van der Waals surface area contributed by atoms with Crippen molar-refractivity contribution >= 4 is 23.2 Å². The zero-order valence-corrected chi connectivity index (χ0v) is 14.0. The van der Waals surface area contributed by atoms with Gasteiger partial charge in [-0.25, -0.2) is 0 Å². The van der Waals surface area contributed by atoms with E-state index >= 15 is 0 Å². The Labute approximate surface area is 133 Å². The predicted octanol–water partition coefficient (Wildman–Crippen LogP) is 5.34. The average molecular weight is 314 g/mol. The molecular weight excluding hydrogens is 289 g/mol. The molecule has 0 aromatic heterocycles. The maximum Gasteiger partial charge on any atom is 0.0452 e. The molecule has 1 aliphatic carbocycles. The fourth-order valence-corrected chi connectivity index (χ4v) is 3.66. The Morgan fingerprint density at radius 1 is 1.15 bits per heavy atom. The van der Waals surface area contributed by atoms with E-state index in [-0.39, 0.29) is 0 Å². The van der Waals surface area contributed by atoms with Crippen molar-refractivity contribution in [2.24, 2.45) is 11.8 Å². The number of nitrogens with one attached hydrogen (secondary N) is 1. The van der Waals surface area contributed by atoms with E-state index in [1.807, 2.05) is 12.1 Å². The van der Waals surface area contributed by atoms with Crippen molar-refractivity contribution in [1.82, 2.24) is 5.32 Å². The van der Waals surface area contributed by atoms with Crippen LogP contribution in [0.5, 0.6) is 0 Å². The Kier molecular flexibility index (Phi) is 6.20. The molecule has 0 heterocycles. The fraction of sp³-hybridized carbons (Fsp3) is 0.647. The van der Waals surface area contributed by atoms with Crippen molar-refractivity contribution in [3.05, 3.63) is 33.8 Å². The minimum Gasteiger partial charge on any atom is -0.314 e. The SMILES string of the molecule is CC(C)NCC1CCCCC1Cc1ccc(Cl)cc1Cl. The monoisotopic (exact) mass is 313 g/mol. The van der Waals surface area contributed by atoms with Crippen molar-refractivity contribution in [1.29, 1.82) is 0 Å². The first-order chi connectivity index (χ1) is 9.56. The number of halogens is 2. The number of hydrogen-bond donors (Lipinski definition) is 1. The van der Waals surface area contributed by atoms with Gasteiger partial charge in [0.15, 0.2) is 0 Å². The maximum atomic E-state index is 6.32. The van der Waals surface area contributed by atoms with E-state index in [1.54, 1.807) is 0 Å². The fourth-order valence-electron chi connectivity index (χ4n) is 3.18. The van der Waals surface area contributed by atoms with Crippen molar-refractivity contribution in [2.75, 3.05) is 6.54 Å². The Morgan fingerprint density at radius 3 is 2.50 bits per heavy atom. The van der Waals surface area contributed by atoms with Gasteiger partial charge in [-0.15, -0.1) is 0 Å². The third-order valence-corrected chi connectivity index (χ3v) is 4.94. The molecule has 112 valence electrons. The topological polar surface area (TPSA) is 12.0 Å². The standard InChI is InChI=1S/C17H25Cl2N/c1-12(2)20-11-15-6-4-3-5-13(15)9-14-7-8-16(18)10-17(14)19/h7-8,10,12-13,15,20H,3-6,9,11H2,1-2H3. The Hall–Kier alpha value is -0.240. The van der Waals surface area contributed by atoms with Crippen LogP contribution in [0.25, 0.3) is 0 Å². The molecule has 0 spiro atoms. The third-order valence-electron chi connectivity index (χ3n) is 4.35. The summed E-state index contributed by atoms with van der Waals surface area (Å²) >= 11 is 12.3. The van der Waals surface area contributed by atoms with E-state index in [2.05, 4.69) is 25.2 Å². The molecule has 20 heavy (non-hydrogen) atoms. The lowest BCUT2D eigenvalue weighted by atomic mass is 9.76. The zero-order chi connectivity index (χ0) is 14.5. The molecule has 1 N–H and O–H groups in total. The van der Waals surface area contributed by atoms with E-state index in [0.717, 1.165) is 34.8 Å². The van der Waals surface area contributed by atoms with Gasteiger partial charge in [0, 0.05) is 16.1 Å². The van der Waals surface area contributed by atoms with Crippen LogP contribution in [0.3, 0.4) is 0 Å². The highest BCUT2D eigenvalue weighted by Gasteiger charge is 2.25. The summed E-state index contributed by atoms with van der Waals surface area (Å²) in [6.07, 6.45) is 6.47. The third kappa shape index (κ3) is 4.65. The van der Waals surface area contributed by atoms with Crippen molar-refractivity contribution < 1.29 is 0 Å². The number of benzene rings is 1. The lowest BCUT2D eigenvalue weighted by molar-refractivity contribution is 0.224. The minimum absolute atomic E-state index is 0.566. The first-order valence-corrected chi connectivity index (χ1v) is 8.49. The average Bonchev–Trinajstić information content (AvgIpc) is 2.41. The second kappa shape index (κ2) is 7.68. The largest absolute Gasteiger partial charge is 0.314 e. The van der Waals surface area contributed by atoms with E-state index in [0.29, 0.717) is 6.04 Å². The highest BCUT2D eigenvalue weighted by Crippen LogP contribution is 2.34. The molecule has 1 aromatic carbocycles. The second-order valence-electron chi connectivity index (χ2n) is 6.31. The van der Waals surface area contributed by atoms with Crippen molar-refractivity contribution in [2.45, 2.75) is 52.0 Å². The molecule has 1 aromatic rings. The Morgan fingerprint density at radius 2 is 1.85 bits per heavy atom. The van der Waals surface area contributed by atoms with Crippen LogP contribution in [0, 0.1) is 11.8 Å². The van der Waals surface area contributed by atoms with Crippen molar-refractivity contribution in [3.8, 4) is 0 Å². The molecule has 2 unspecified atom stereocenters. The van der Waals surface area contributed by atoms with Crippen LogP contribution >= 0.6 is 23.2 Å². The van der Waals surface area contributed by atoms with Gasteiger partial charge in [0.05, 0.1) is 0 Å². The number of hydrogen-bond acceptors (Lipinski definition) is 1. The molecule has 0 bridgehead atoms. The molecule has 1 fully saturated rings. The van der Waals surface area contributed by atoms with E-state index in [9.17, 15) is 0 Å². The summed E-state index contributed by atoms with van der Waals surface area (Å²) in [6, 6.07) is 6.47. The van der Waals surface area contributed by atoms with Crippen LogP contribution in [0.4, 0.5) is 0 Å². The van der Waals surface area contributed by atoms with Gasteiger partial charge in [-0.1, -0.05) is 56.0 Å². The van der Waals surface area contributed by atoms with Gasteiger partial charge < -0.3 is 5.32 Å². The highest BCUT2D eigenvalue weighted by atomic mass is 35.5. The summed E-state index contributed by atoms with van der Waals surface area (Å²) in [5.41, 5.74) is 1.25. The molecular formula is C17H25Cl2N. The minimum atomic E-state index is 0.566. The molecule has 2 atom stereocenters. The van der Waals surface area contributed by atoms with Gasteiger partial charge in [-0.2, -0.15) is 0 Å². The summed E-state index contributed by atoms with van der Waals surface area (Å²) in [5.74, 6) is 1.52. The predicted molar refractivity (Wildman–Crippen MR) is 88.8 cm³/mol. The molecule has 0 aliphatic heterocycles. The molecule has 0 radical (unpaired) electrons. The summed E-state index contributed by atoms with van der Waals surface area (Å²) in [7, 11) is 0. The first-order valence-electron chi connectivity index (χ1n) is 7.73. The van der Waals surface area contributed by atoms with Crippen LogP contribution in [-0.4, -0.2) is 12.6 Å². The summed E-state index contributed by atoms with van der Waals surface area (Å²) in [4.78, 5) is 0. The van der Waals surface area contributed by atoms with Crippen molar-refractivity contribution in [3.63, 3.8) is 0 Å². The van der Waals surface area contributed by atoms with Gasteiger partial charge in [0.25, 0.3) is 0 Å². The molecule has 0 amide bonds. The zero-order valence-electron chi connectivity index (χ0n) is 12.5.